The lowest BCUT2D eigenvalue weighted by Gasteiger charge is -2.29. The Balaban J connectivity index is 1.37. The highest BCUT2D eigenvalue weighted by Crippen LogP contribution is 2.54. The molecule has 1 fully saturated rings. The van der Waals surface area contributed by atoms with Crippen molar-refractivity contribution >= 4 is 75.1 Å². The molecule has 2 aromatic carbocycles. The number of para-hydroxylation sites is 1. The summed E-state index contributed by atoms with van der Waals surface area (Å²) in [5, 5.41) is 4.00. The van der Waals surface area contributed by atoms with Crippen LogP contribution in [0.4, 0.5) is 24.5 Å². The number of carbonyl (C=O) groups is 3. The van der Waals surface area contributed by atoms with E-state index in [-0.39, 0.29) is 0 Å². The Morgan fingerprint density at radius 2 is 1.71 bits per heavy atom. The fourth-order valence-corrected chi connectivity index (χ4v) is 8.89. The molecule has 210 valence electrons. The van der Waals surface area contributed by atoms with E-state index in [0.717, 1.165) is 49.6 Å². The first kappa shape index (κ1) is 27.8. The zero-order chi connectivity index (χ0) is 29.1. The van der Waals surface area contributed by atoms with Gasteiger partial charge in [0.05, 0.1) is 27.9 Å². The molecule has 2 unspecified atom stereocenters. The van der Waals surface area contributed by atoms with Crippen LogP contribution < -0.4 is 15.1 Å². The molecule has 7 nitrogen and oxygen atoms in total. The molecule has 4 heterocycles. The van der Waals surface area contributed by atoms with Crippen molar-refractivity contribution in [3.8, 4) is 0 Å². The van der Waals surface area contributed by atoms with Crippen LogP contribution in [0.3, 0.4) is 0 Å². The molecule has 0 saturated carbocycles. The van der Waals surface area contributed by atoms with E-state index in [1.165, 1.54) is 23.5 Å². The molecule has 2 aliphatic rings. The minimum atomic E-state index is -4.69. The lowest BCUT2D eigenvalue weighted by molar-refractivity contribution is -0.137. The Morgan fingerprint density at radius 3 is 2.39 bits per heavy atom. The number of carbonyl (C=O) groups excluding carboxylic acids is 3. The van der Waals surface area contributed by atoms with Crippen LogP contribution in [0.2, 0.25) is 5.02 Å². The highest BCUT2D eigenvalue weighted by atomic mass is 35.5. The van der Waals surface area contributed by atoms with Gasteiger partial charge >= 0.3 is 11.0 Å². The number of halogens is 4. The van der Waals surface area contributed by atoms with Crippen LogP contribution in [0.25, 0.3) is 0 Å². The Hall–Kier alpha value is -3.39. The van der Waals surface area contributed by atoms with Gasteiger partial charge in [-0.1, -0.05) is 52.9 Å². The van der Waals surface area contributed by atoms with E-state index in [1.807, 2.05) is 11.4 Å². The number of anilines is 2. The van der Waals surface area contributed by atoms with Gasteiger partial charge in [0, 0.05) is 20.7 Å². The van der Waals surface area contributed by atoms with Crippen molar-refractivity contribution in [1.82, 2.24) is 4.57 Å². The summed E-state index contributed by atoms with van der Waals surface area (Å²) in [5.41, 5.74) is -1.07. The maximum absolute atomic E-state index is 13.8. The Kier molecular flexibility index (Phi) is 7.09. The van der Waals surface area contributed by atoms with Gasteiger partial charge in [-0.2, -0.15) is 13.2 Å². The molecular formula is C27H17ClF3N3O4S3. The van der Waals surface area contributed by atoms with Crippen LogP contribution in [0, 0.1) is 5.92 Å². The van der Waals surface area contributed by atoms with Crippen LogP contribution in [0.5, 0.6) is 0 Å². The van der Waals surface area contributed by atoms with Crippen molar-refractivity contribution in [2.45, 2.75) is 28.9 Å². The molecule has 14 heteroatoms. The predicted octanol–water partition coefficient (Wildman–Crippen LogP) is 6.08. The number of nitrogens with one attached hydrogen (secondary N) is 1. The topological polar surface area (TPSA) is 88.5 Å². The number of nitrogens with zero attached hydrogens (tertiary/aromatic N) is 2. The molecule has 3 amide bonds. The summed E-state index contributed by atoms with van der Waals surface area (Å²) in [6.45, 7) is -0.568. The molecule has 2 aromatic heterocycles. The third kappa shape index (κ3) is 4.90. The number of fused-ring (bicyclic) bond motifs is 2. The minimum absolute atomic E-state index is 0.345. The molecule has 41 heavy (non-hydrogen) atoms. The Morgan fingerprint density at radius 1 is 0.976 bits per heavy atom. The van der Waals surface area contributed by atoms with Gasteiger partial charge in [-0.15, -0.1) is 11.3 Å². The van der Waals surface area contributed by atoms with Crippen molar-refractivity contribution < 1.29 is 27.6 Å². The number of hydrogen-bond donors (Lipinski definition) is 1. The molecule has 1 N–H and O–H groups in total. The molecule has 2 aliphatic heterocycles. The van der Waals surface area contributed by atoms with Crippen molar-refractivity contribution in [3.05, 3.63) is 96.1 Å². The lowest BCUT2D eigenvalue weighted by Crippen LogP contribution is -2.32. The number of thiophene rings is 1. The van der Waals surface area contributed by atoms with Gasteiger partial charge in [-0.05, 0) is 47.8 Å². The van der Waals surface area contributed by atoms with E-state index in [0.29, 0.717) is 20.6 Å². The molecule has 0 aliphatic carbocycles. The summed E-state index contributed by atoms with van der Waals surface area (Å²) in [4.78, 5) is 55.4. The van der Waals surface area contributed by atoms with Gasteiger partial charge < -0.3 is 5.32 Å². The van der Waals surface area contributed by atoms with E-state index in [4.69, 9.17) is 11.6 Å². The maximum atomic E-state index is 13.8. The number of alkyl halides is 3. The van der Waals surface area contributed by atoms with Gasteiger partial charge in [-0.25, -0.2) is 4.90 Å². The van der Waals surface area contributed by atoms with Gasteiger partial charge in [0.25, 0.3) is 0 Å². The van der Waals surface area contributed by atoms with Crippen LogP contribution >= 0.6 is 46.0 Å². The molecule has 4 aromatic rings. The van der Waals surface area contributed by atoms with Gasteiger partial charge in [0.15, 0.2) is 0 Å². The number of imide groups is 1. The summed E-state index contributed by atoms with van der Waals surface area (Å²) in [6.07, 6.45) is -4.69. The summed E-state index contributed by atoms with van der Waals surface area (Å²) in [6, 6.07) is 14.5. The first-order valence-corrected chi connectivity index (χ1v) is 15.0. The smallest absolute Gasteiger partial charge is 0.324 e. The second-order valence-corrected chi connectivity index (χ2v) is 12.8. The van der Waals surface area contributed by atoms with E-state index in [2.05, 4.69) is 5.32 Å². The fraction of sp³-hybridized carbons (Fsp3) is 0.185. The number of thioether (sulfide) groups is 1. The van der Waals surface area contributed by atoms with Crippen molar-refractivity contribution in [2.75, 3.05) is 10.2 Å². The van der Waals surface area contributed by atoms with E-state index in [9.17, 15) is 32.3 Å². The monoisotopic (exact) mass is 635 g/mol. The summed E-state index contributed by atoms with van der Waals surface area (Å²) >= 11 is 9.26. The zero-order valence-corrected chi connectivity index (χ0v) is 23.8. The zero-order valence-electron chi connectivity index (χ0n) is 20.6. The van der Waals surface area contributed by atoms with Crippen LogP contribution in [0.15, 0.2) is 75.9 Å². The average molecular weight is 636 g/mol. The van der Waals surface area contributed by atoms with Crippen LogP contribution in [-0.4, -0.2) is 27.5 Å². The SMILES string of the molecule is O=C(Cn1c2c(sc1=O)[C@H](c1cccs1)C1C(=O)N(c3ccc(Cl)cc3)C(=O)C1S2)Nc1ccccc1C(F)(F)F. The summed E-state index contributed by atoms with van der Waals surface area (Å²) < 4.78 is 41.5. The van der Waals surface area contributed by atoms with Crippen LogP contribution in [-0.2, 0) is 27.1 Å². The molecule has 6 rings (SSSR count). The van der Waals surface area contributed by atoms with E-state index >= 15 is 0 Å². The van der Waals surface area contributed by atoms with E-state index in [1.54, 1.807) is 30.3 Å². The predicted molar refractivity (Wildman–Crippen MR) is 152 cm³/mol. The number of thiazole rings is 1. The Bertz CT molecular complexity index is 1730. The molecule has 1 saturated heterocycles. The first-order chi connectivity index (χ1) is 19.5. The van der Waals surface area contributed by atoms with Gasteiger partial charge in [-0.3, -0.25) is 23.7 Å². The summed E-state index contributed by atoms with van der Waals surface area (Å²) in [7, 11) is 0. The molecule has 0 bridgehead atoms. The molecule has 0 spiro atoms. The maximum Gasteiger partial charge on any atom is 0.418 e. The third-order valence-electron chi connectivity index (χ3n) is 6.79. The second-order valence-electron chi connectivity index (χ2n) is 9.26. The number of hydrogen-bond acceptors (Lipinski definition) is 7. The number of rotatable bonds is 5. The van der Waals surface area contributed by atoms with Gasteiger partial charge in [0.2, 0.25) is 17.7 Å². The lowest BCUT2D eigenvalue weighted by atomic mass is 9.87. The van der Waals surface area contributed by atoms with Crippen LogP contribution in [0.1, 0.15) is 21.2 Å². The second kappa shape index (κ2) is 10.5. The normalized spacial score (nSPS) is 20.2. The Labute approximate surface area is 247 Å². The third-order valence-corrected chi connectivity index (χ3v) is 10.6. The van der Waals surface area contributed by atoms with Crippen molar-refractivity contribution in [3.63, 3.8) is 0 Å². The number of benzene rings is 2. The molecular weight excluding hydrogens is 619 g/mol. The quantitative estimate of drug-likeness (QED) is 0.269. The molecule has 0 radical (unpaired) electrons. The highest BCUT2D eigenvalue weighted by Gasteiger charge is 2.57. The fourth-order valence-electron chi connectivity index (χ4n) is 5.05. The standard InChI is InChI=1S/C27H17ClF3N3O4S3/c28-13-7-9-14(10-8-13)34-23(36)20-19(17-6-3-11-39-17)22-25(40-21(20)24(34)37)33(26(38)41-22)12-18(35)32-16-5-2-1-4-15(16)27(29,30)31/h1-11,19-21H,12H2,(H,32,35)/t19-,20?,21?/m1/s1. The highest BCUT2D eigenvalue weighted by molar-refractivity contribution is 8.00. The number of aromatic nitrogens is 1. The number of amides is 3. The molecule has 3 atom stereocenters. The minimum Gasteiger partial charge on any atom is -0.324 e. The van der Waals surface area contributed by atoms with Gasteiger partial charge in [0.1, 0.15) is 11.8 Å². The van der Waals surface area contributed by atoms with Crippen molar-refractivity contribution in [2.24, 2.45) is 5.92 Å². The van der Waals surface area contributed by atoms with Crippen molar-refractivity contribution in [1.29, 1.82) is 0 Å². The van der Waals surface area contributed by atoms with E-state index < -0.39 is 63.7 Å². The first-order valence-electron chi connectivity index (χ1n) is 12.1. The summed E-state index contributed by atoms with van der Waals surface area (Å²) in [5.74, 6) is -3.12. The average Bonchev–Trinajstić information content (AvgIpc) is 3.62. The largest absolute Gasteiger partial charge is 0.418 e.